The van der Waals surface area contributed by atoms with Crippen molar-refractivity contribution in [1.29, 1.82) is 0 Å². The Morgan fingerprint density at radius 3 is 2.31 bits per heavy atom. The van der Waals surface area contributed by atoms with Gasteiger partial charge in [0, 0.05) is 51.0 Å². The van der Waals surface area contributed by atoms with Crippen LogP contribution in [0.3, 0.4) is 0 Å². The number of ether oxygens (including phenoxy) is 2. The predicted molar refractivity (Wildman–Crippen MR) is 111 cm³/mol. The van der Waals surface area contributed by atoms with Gasteiger partial charge >= 0.3 is 0 Å². The zero-order valence-electron chi connectivity index (χ0n) is 16.9. The van der Waals surface area contributed by atoms with Crippen LogP contribution < -0.4 is 0 Å². The third kappa shape index (κ3) is 5.43. The molecule has 0 spiro atoms. The van der Waals surface area contributed by atoms with Gasteiger partial charge in [0.25, 0.3) is 0 Å². The number of benzene rings is 2. The van der Waals surface area contributed by atoms with Gasteiger partial charge in [0.2, 0.25) is 5.91 Å². The molecule has 0 unspecified atom stereocenters. The van der Waals surface area contributed by atoms with Crippen molar-refractivity contribution in [3.8, 4) is 0 Å². The fraction of sp³-hybridized carbons (Fsp3) is 0.348. The lowest BCUT2D eigenvalue weighted by atomic mass is 10.1. The lowest BCUT2D eigenvalue weighted by molar-refractivity contribution is -0.131. The zero-order valence-corrected chi connectivity index (χ0v) is 16.9. The largest absolute Gasteiger partial charge is 0.383 e. The second kappa shape index (κ2) is 10.2. The summed E-state index contributed by atoms with van der Waals surface area (Å²) in [4.78, 5) is 14.7. The van der Waals surface area contributed by atoms with E-state index in [0.29, 0.717) is 39.3 Å². The van der Waals surface area contributed by atoms with Crippen LogP contribution in [-0.4, -0.2) is 55.9 Å². The normalized spacial score (nSPS) is 11.1. The van der Waals surface area contributed by atoms with Crippen molar-refractivity contribution in [2.45, 2.75) is 13.0 Å². The first-order valence-corrected chi connectivity index (χ1v) is 9.69. The van der Waals surface area contributed by atoms with E-state index in [4.69, 9.17) is 9.47 Å². The van der Waals surface area contributed by atoms with Crippen molar-refractivity contribution < 1.29 is 18.7 Å². The molecule has 0 fully saturated rings. The van der Waals surface area contributed by atoms with Gasteiger partial charge in [-0.15, -0.1) is 0 Å². The first-order chi connectivity index (χ1) is 14.1. The predicted octanol–water partition coefficient (Wildman–Crippen LogP) is 3.49. The number of hydrogen-bond donors (Lipinski definition) is 0. The van der Waals surface area contributed by atoms with Crippen LogP contribution in [-0.2, 0) is 27.2 Å². The van der Waals surface area contributed by atoms with Crippen LogP contribution in [0.15, 0.2) is 54.7 Å². The van der Waals surface area contributed by atoms with E-state index in [-0.39, 0.29) is 11.7 Å². The number of fused-ring (bicyclic) bond motifs is 1. The summed E-state index contributed by atoms with van der Waals surface area (Å²) in [6.07, 6.45) is 2.33. The van der Waals surface area contributed by atoms with Gasteiger partial charge < -0.3 is 18.9 Å². The number of halogens is 1. The number of aromatic nitrogens is 1. The van der Waals surface area contributed by atoms with Gasteiger partial charge in [-0.25, -0.2) is 4.39 Å². The minimum absolute atomic E-state index is 0.0452. The van der Waals surface area contributed by atoms with Crippen molar-refractivity contribution in [3.05, 3.63) is 71.7 Å². The number of rotatable bonds is 10. The first-order valence-electron chi connectivity index (χ1n) is 9.69. The Balaban J connectivity index is 1.83. The molecule has 6 heteroatoms. The average molecular weight is 398 g/mol. The summed E-state index contributed by atoms with van der Waals surface area (Å²) in [6, 6.07) is 14.5. The molecule has 29 heavy (non-hydrogen) atoms. The summed E-state index contributed by atoms with van der Waals surface area (Å²) in [6.45, 7) is 2.66. The van der Waals surface area contributed by atoms with Gasteiger partial charge in [0.05, 0.1) is 19.6 Å². The minimum Gasteiger partial charge on any atom is -0.383 e. The van der Waals surface area contributed by atoms with Crippen molar-refractivity contribution in [3.63, 3.8) is 0 Å². The molecular weight excluding hydrogens is 371 g/mol. The second-order valence-corrected chi connectivity index (χ2v) is 6.97. The van der Waals surface area contributed by atoms with E-state index in [1.54, 1.807) is 31.3 Å². The number of amides is 1. The smallest absolute Gasteiger partial charge is 0.227 e. The Morgan fingerprint density at radius 2 is 1.66 bits per heavy atom. The monoisotopic (exact) mass is 398 g/mol. The van der Waals surface area contributed by atoms with Gasteiger partial charge in [-0.2, -0.15) is 0 Å². The van der Waals surface area contributed by atoms with Gasteiger partial charge in [-0.1, -0.05) is 30.3 Å². The standard InChI is InChI=1S/C23H27FN2O3/c1-28-13-11-25(12-14-29-2)23(27)15-19-17-26(22-6-4-3-5-21(19)22)16-18-7-9-20(24)10-8-18/h3-10,17H,11-16H2,1-2H3. The molecular formula is C23H27FN2O3. The maximum absolute atomic E-state index is 13.2. The molecule has 3 aromatic rings. The topological polar surface area (TPSA) is 43.7 Å². The molecule has 3 rings (SSSR count). The Kier molecular flexibility index (Phi) is 7.38. The molecule has 0 aliphatic carbocycles. The quantitative estimate of drug-likeness (QED) is 0.525. The van der Waals surface area contributed by atoms with E-state index >= 15 is 0 Å². The molecule has 0 aliphatic rings. The van der Waals surface area contributed by atoms with E-state index in [9.17, 15) is 9.18 Å². The van der Waals surface area contributed by atoms with Crippen molar-refractivity contribution in [2.75, 3.05) is 40.5 Å². The van der Waals surface area contributed by atoms with Crippen LogP contribution in [0, 0.1) is 5.82 Å². The number of nitrogens with zero attached hydrogens (tertiary/aromatic N) is 2. The Hall–Kier alpha value is -2.70. The zero-order chi connectivity index (χ0) is 20.6. The van der Waals surface area contributed by atoms with Gasteiger partial charge in [0.15, 0.2) is 0 Å². The molecule has 0 bridgehead atoms. The third-order valence-corrected chi connectivity index (χ3v) is 4.96. The van der Waals surface area contributed by atoms with E-state index in [2.05, 4.69) is 4.57 Å². The van der Waals surface area contributed by atoms with Crippen LogP contribution in [0.2, 0.25) is 0 Å². The second-order valence-electron chi connectivity index (χ2n) is 6.97. The fourth-order valence-corrected chi connectivity index (χ4v) is 3.42. The van der Waals surface area contributed by atoms with E-state index in [0.717, 1.165) is 22.0 Å². The molecule has 0 saturated carbocycles. The SMILES string of the molecule is COCCN(CCOC)C(=O)Cc1cn(Cc2ccc(F)cc2)c2ccccc12. The number of methoxy groups -OCH3 is 2. The highest BCUT2D eigenvalue weighted by Gasteiger charge is 2.17. The summed E-state index contributed by atoms with van der Waals surface area (Å²) < 4.78 is 25.6. The molecule has 0 atom stereocenters. The fourth-order valence-electron chi connectivity index (χ4n) is 3.42. The highest BCUT2D eigenvalue weighted by atomic mass is 19.1. The molecule has 154 valence electrons. The van der Waals surface area contributed by atoms with E-state index in [1.807, 2.05) is 30.5 Å². The third-order valence-electron chi connectivity index (χ3n) is 4.96. The van der Waals surface area contributed by atoms with Gasteiger partial charge in [-0.05, 0) is 29.3 Å². The molecule has 1 amide bonds. The summed E-state index contributed by atoms with van der Waals surface area (Å²) >= 11 is 0. The lowest BCUT2D eigenvalue weighted by Gasteiger charge is -2.22. The van der Waals surface area contributed by atoms with Crippen molar-refractivity contribution in [1.82, 2.24) is 9.47 Å². The van der Waals surface area contributed by atoms with Gasteiger partial charge in [0.1, 0.15) is 5.82 Å². The lowest BCUT2D eigenvalue weighted by Crippen LogP contribution is -2.37. The average Bonchev–Trinajstić information content (AvgIpc) is 3.07. The molecule has 0 saturated heterocycles. The highest BCUT2D eigenvalue weighted by molar-refractivity contribution is 5.89. The maximum atomic E-state index is 13.2. The number of carbonyl (C=O) groups excluding carboxylic acids is 1. The highest BCUT2D eigenvalue weighted by Crippen LogP contribution is 2.23. The molecule has 0 N–H and O–H groups in total. The van der Waals surface area contributed by atoms with Gasteiger partial charge in [-0.3, -0.25) is 4.79 Å². The van der Waals surface area contributed by atoms with Crippen LogP contribution >= 0.6 is 0 Å². The molecule has 0 aliphatic heterocycles. The molecule has 5 nitrogen and oxygen atoms in total. The number of hydrogen-bond acceptors (Lipinski definition) is 3. The minimum atomic E-state index is -0.246. The van der Waals surface area contributed by atoms with Crippen molar-refractivity contribution >= 4 is 16.8 Å². The van der Waals surface area contributed by atoms with E-state index < -0.39 is 0 Å². The number of carbonyl (C=O) groups is 1. The molecule has 0 radical (unpaired) electrons. The molecule has 1 heterocycles. The first kappa shape index (κ1) is 21.0. The Labute approximate surface area is 170 Å². The van der Waals surface area contributed by atoms with Crippen LogP contribution in [0.25, 0.3) is 10.9 Å². The summed E-state index contributed by atoms with van der Waals surface area (Å²) in [5.74, 6) is -0.201. The van der Waals surface area contributed by atoms with Crippen LogP contribution in [0.4, 0.5) is 4.39 Å². The van der Waals surface area contributed by atoms with E-state index in [1.165, 1.54) is 12.1 Å². The summed E-state index contributed by atoms with van der Waals surface area (Å²) in [5, 5.41) is 1.06. The Morgan fingerprint density at radius 1 is 1.00 bits per heavy atom. The molecule has 1 aromatic heterocycles. The molecule has 2 aromatic carbocycles. The van der Waals surface area contributed by atoms with Crippen molar-refractivity contribution in [2.24, 2.45) is 0 Å². The Bertz CT molecular complexity index is 929. The van der Waals surface area contributed by atoms with Crippen LogP contribution in [0.1, 0.15) is 11.1 Å². The summed E-state index contributed by atoms with van der Waals surface area (Å²) in [5.41, 5.74) is 3.04. The summed E-state index contributed by atoms with van der Waals surface area (Å²) in [7, 11) is 3.25. The number of para-hydroxylation sites is 1. The maximum Gasteiger partial charge on any atom is 0.227 e. The van der Waals surface area contributed by atoms with Crippen LogP contribution in [0.5, 0.6) is 0 Å².